The van der Waals surface area contributed by atoms with E-state index in [0.717, 1.165) is 23.1 Å². The summed E-state index contributed by atoms with van der Waals surface area (Å²) in [7, 11) is 0. The van der Waals surface area contributed by atoms with Crippen molar-refractivity contribution in [1.29, 1.82) is 0 Å². The number of fused-ring (bicyclic) bond motifs is 1. The lowest BCUT2D eigenvalue weighted by Crippen LogP contribution is -2.09. The summed E-state index contributed by atoms with van der Waals surface area (Å²) >= 11 is 0. The molecule has 0 saturated carbocycles. The normalized spacial score (nSPS) is 13.3. The van der Waals surface area contributed by atoms with Gasteiger partial charge in [-0.05, 0) is 30.7 Å². The molecular formula is C15H12F3N3O. The van der Waals surface area contributed by atoms with Crippen molar-refractivity contribution in [2.75, 3.05) is 5.32 Å². The number of hydrogen-bond donors (Lipinski definition) is 1. The van der Waals surface area contributed by atoms with Gasteiger partial charge in [0.05, 0.1) is 23.2 Å². The molecule has 0 radical (unpaired) electrons. The lowest BCUT2D eigenvalue weighted by atomic mass is 10.1. The highest BCUT2D eigenvalue weighted by atomic mass is 19.4. The van der Waals surface area contributed by atoms with Gasteiger partial charge in [-0.15, -0.1) is 0 Å². The molecule has 2 heterocycles. The van der Waals surface area contributed by atoms with Gasteiger partial charge >= 0.3 is 6.18 Å². The van der Waals surface area contributed by atoms with Crippen LogP contribution in [0.5, 0.6) is 0 Å². The quantitative estimate of drug-likeness (QED) is 0.778. The van der Waals surface area contributed by atoms with Crippen molar-refractivity contribution in [2.45, 2.75) is 19.1 Å². The summed E-state index contributed by atoms with van der Waals surface area (Å²) in [5, 5.41) is 7.81. The maximum Gasteiger partial charge on any atom is 0.416 e. The summed E-state index contributed by atoms with van der Waals surface area (Å²) in [6, 6.07) is 6.57. The maximum absolute atomic E-state index is 12.6. The summed E-state index contributed by atoms with van der Waals surface area (Å²) in [5.74, 6) is 0.532. The lowest BCUT2D eigenvalue weighted by Gasteiger charge is -2.14. The van der Waals surface area contributed by atoms with Gasteiger partial charge in [0, 0.05) is 6.20 Å². The Morgan fingerprint density at radius 1 is 1.14 bits per heavy atom. The fourth-order valence-corrected chi connectivity index (χ4v) is 2.15. The number of nitrogens with one attached hydrogen (secondary N) is 1. The highest BCUT2D eigenvalue weighted by molar-refractivity contribution is 5.87. The second-order valence-corrected chi connectivity index (χ2v) is 4.89. The number of pyridine rings is 1. The molecule has 1 aromatic carbocycles. The van der Waals surface area contributed by atoms with Gasteiger partial charge in [-0.25, -0.2) is 0 Å². The molecule has 22 heavy (non-hydrogen) atoms. The summed E-state index contributed by atoms with van der Waals surface area (Å²) in [6.45, 7) is 1.84. The first-order valence-electron chi connectivity index (χ1n) is 6.58. The van der Waals surface area contributed by atoms with E-state index in [1.807, 2.05) is 6.92 Å². The Morgan fingerprint density at radius 2 is 1.86 bits per heavy atom. The number of benzene rings is 1. The monoisotopic (exact) mass is 307 g/mol. The fraction of sp³-hybridized carbons (Fsp3) is 0.200. The van der Waals surface area contributed by atoms with Gasteiger partial charge in [-0.3, -0.25) is 4.98 Å². The molecule has 3 rings (SSSR count). The third kappa shape index (κ3) is 2.74. The zero-order valence-corrected chi connectivity index (χ0v) is 11.6. The molecule has 0 spiro atoms. The summed E-state index contributed by atoms with van der Waals surface area (Å²) < 4.78 is 42.8. The maximum atomic E-state index is 12.6. The van der Waals surface area contributed by atoms with E-state index >= 15 is 0 Å². The van der Waals surface area contributed by atoms with Crippen LogP contribution in [0.25, 0.3) is 11.0 Å². The van der Waals surface area contributed by atoms with Crippen LogP contribution in [0.1, 0.15) is 24.1 Å². The molecule has 0 fully saturated rings. The SMILES string of the molecule is CC(Nc1noc2cnccc12)c1ccc(C(F)(F)F)cc1. The lowest BCUT2D eigenvalue weighted by molar-refractivity contribution is -0.137. The van der Waals surface area contributed by atoms with E-state index in [9.17, 15) is 13.2 Å². The van der Waals surface area contributed by atoms with Gasteiger partial charge in [0.2, 0.25) is 0 Å². The number of rotatable bonds is 3. The Bertz CT molecular complexity index is 781. The van der Waals surface area contributed by atoms with E-state index in [2.05, 4.69) is 15.5 Å². The van der Waals surface area contributed by atoms with Crippen molar-refractivity contribution in [3.05, 3.63) is 53.9 Å². The molecule has 7 heteroatoms. The molecule has 0 aliphatic heterocycles. The minimum atomic E-state index is -4.33. The van der Waals surface area contributed by atoms with Crippen molar-refractivity contribution < 1.29 is 17.7 Å². The average molecular weight is 307 g/mol. The van der Waals surface area contributed by atoms with Crippen molar-refractivity contribution in [3.63, 3.8) is 0 Å². The van der Waals surface area contributed by atoms with Crippen LogP contribution in [0, 0.1) is 0 Å². The van der Waals surface area contributed by atoms with E-state index < -0.39 is 11.7 Å². The number of halogens is 3. The molecule has 0 amide bonds. The molecule has 4 nitrogen and oxygen atoms in total. The first kappa shape index (κ1) is 14.4. The van der Waals surface area contributed by atoms with E-state index in [1.54, 1.807) is 18.5 Å². The number of nitrogens with zero attached hydrogens (tertiary/aromatic N) is 2. The standard InChI is InChI=1S/C15H12F3N3O/c1-9(10-2-4-11(5-3-10)15(16,17)18)20-14-12-6-7-19-8-13(12)22-21-14/h2-9H,1H3,(H,20,21). The molecular weight excluding hydrogens is 295 g/mol. The topological polar surface area (TPSA) is 51.0 Å². The van der Waals surface area contributed by atoms with E-state index in [1.165, 1.54) is 12.1 Å². The zero-order valence-electron chi connectivity index (χ0n) is 11.6. The van der Waals surface area contributed by atoms with Crippen LogP contribution in [-0.4, -0.2) is 10.1 Å². The second kappa shape index (κ2) is 5.32. The Labute approximate surface area is 123 Å². The van der Waals surface area contributed by atoms with Gasteiger partial charge < -0.3 is 9.84 Å². The third-order valence-corrected chi connectivity index (χ3v) is 3.37. The molecule has 114 valence electrons. The predicted octanol–water partition coefficient (Wildman–Crippen LogP) is 4.41. The zero-order chi connectivity index (χ0) is 15.7. The first-order valence-corrected chi connectivity index (χ1v) is 6.58. The molecule has 3 aromatic rings. The van der Waals surface area contributed by atoms with Crippen molar-refractivity contribution >= 4 is 16.8 Å². The smallest absolute Gasteiger partial charge is 0.360 e. The molecule has 1 atom stereocenters. The molecule has 0 bridgehead atoms. The summed E-state index contributed by atoms with van der Waals surface area (Å²) in [6.07, 6.45) is -1.16. The summed E-state index contributed by atoms with van der Waals surface area (Å²) in [4.78, 5) is 3.93. The van der Waals surface area contributed by atoms with Crippen LogP contribution in [0.2, 0.25) is 0 Å². The minimum absolute atomic E-state index is 0.219. The minimum Gasteiger partial charge on any atom is -0.360 e. The molecule has 1 unspecified atom stereocenters. The van der Waals surface area contributed by atoms with Crippen LogP contribution in [0.15, 0.2) is 47.2 Å². The van der Waals surface area contributed by atoms with Gasteiger partial charge in [0.1, 0.15) is 0 Å². The Morgan fingerprint density at radius 3 is 2.55 bits per heavy atom. The van der Waals surface area contributed by atoms with Gasteiger partial charge in [-0.1, -0.05) is 17.3 Å². The van der Waals surface area contributed by atoms with E-state index in [4.69, 9.17) is 4.52 Å². The highest BCUT2D eigenvalue weighted by Gasteiger charge is 2.30. The fourth-order valence-electron chi connectivity index (χ4n) is 2.15. The molecule has 0 saturated heterocycles. The number of anilines is 1. The van der Waals surface area contributed by atoms with Crippen LogP contribution >= 0.6 is 0 Å². The van der Waals surface area contributed by atoms with Crippen LogP contribution in [0.4, 0.5) is 19.0 Å². The second-order valence-electron chi connectivity index (χ2n) is 4.89. The highest BCUT2D eigenvalue weighted by Crippen LogP contribution is 2.31. The molecule has 2 aromatic heterocycles. The van der Waals surface area contributed by atoms with Gasteiger partial charge in [0.25, 0.3) is 0 Å². The van der Waals surface area contributed by atoms with E-state index in [0.29, 0.717) is 11.4 Å². The number of alkyl halides is 3. The summed E-state index contributed by atoms with van der Waals surface area (Å²) in [5.41, 5.74) is 0.601. The van der Waals surface area contributed by atoms with Gasteiger partial charge in [-0.2, -0.15) is 13.2 Å². The Balaban J connectivity index is 1.81. The van der Waals surface area contributed by atoms with Crippen molar-refractivity contribution in [2.24, 2.45) is 0 Å². The molecule has 0 aliphatic carbocycles. The van der Waals surface area contributed by atoms with Crippen LogP contribution < -0.4 is 5.32 Å². The average Bonchev–Trinajstić information content (AvgIpc) is 2.90. The first-order chi connectivity index (χ1) is 10.4. The third-order valence-electron chi connectivity index (χ3n) is 3.37. The van der Waals surface area contributed by atoms with E-state index in [-0.39, 0.29) is 6.04 Å². The number of hydrogen-bond acceptors (Lipinski definition) is 4. The molecule has 1 N–H and O–H groups in total. The van der Waals surface area contributed by atoms with Crippen LogP contribution in [-0.2, 0) is 6.18 Å². The largest absolute Gasteiger partial charge is 0.416 e. The van der Waals surface area contributed by atoms with Crippen LogP contribution in [0.3, 0.4) is 0 Å². The molecule has 0 aliphatic rings. The predicted molar refractivity (Wildman–Crippen MR) is 75.3 cm³/mol. The van der Waals surface area contributed by atoms with Crippen molar-refractivity contribution in [3.8, 4) is 0 Å². The Hall–Kier alpha value is -2.57. The Kier molecular flexibility index (Phi) is 3.48. The van der Waals surface area contributed by atoms with Crippen molar-refractivity contribution in [1.82, 2.24) is 10.1 Å². The van der Waals surface area contributed by atoms with Gasteiger partial charge in [0.15, 0.2) is 11.4 Å². The number of aromatic nitrogens is 2.